The summed E-state index contributed by atoms with van der Waals surface area (Å²) in [6.07, 6.45) is 4.04. The van der Waals surface area contributed by atoms with Crippen molar-refractivity contribution in [2.75, 3.05) is 6.54 Å². The fourth-order valence-electron chi connectivity index (χ4n) is 3.63. The first-order valence-electron chi connectivity index (χ1n) is 11.4. The average Bonchev–Trinajstić information content (AvgIpc) is 3.57. The molecule has 0 aliphatic heterocycles. The molecule has 1 N–H and O–H groups in total. The van der Waals surface area contributed by atoms with Gasteiger partial charge in [-0.1, -0.05) is 58.7 Å². The lowest BCUT2D eigenvalue weighted by Gasteiger charge is -2.10. The van der Waals surface area contributed by atoms with Gasteiger partial charge in [0.2, 0.25) is 0 Å². The highest BCUT2D eigenvalue weighted by Gasteiger charge is 2.18. The number of benzene rings is 2. The second kappa shape index (κ2) is 12.3. The number of halogens is 3. The zero-order valence-electron chi connectivity index (χ0n) is 19.6. The van der Waals surface area contributed by atoms with E-state index in [2.05, 4.69) is 25.5 Å². The monoisotopic (exact) mass is 600 g/mol. The molecule has 3 aromatic heterocycles. The second-order valence-corrected chi connectivity index (χ2v) is 11.2. The van der Waals surface area contributed by atoms with Crippen LogP contribution in [0.15, 0.2) is 77.5 Å². The molecule has 12 heteroatoms. The average molecular weight is 602 g/mol. The molecule has 7 nitrogen and oxygen atoms in total. The number of carbonyl (C=O) groups excluding carboxylic acids is 1. The van der Waals surface area contributed by atoms with Crippen LogP contribution in [0.3, 0.4) is 0 Å². The number of hydrogen-bond acceptors (Lipinski definition) is 7. The largest absolute Gasteiger partial charge is 0.350 e. The maximum absolute atomic E-state index is 12.6. The maximum atomic E-state index is 12.6. The van der Waals surface area contributed by atoms with E-state index in [9.17, 15) is 4.79 Å². The Bertz CT molecular complexity index is 1570. The van der Waals surface area contributed by atoms with E-state index in [0.29, 0.717) is 50.5 Å². The standard InChI is InChI=1S/C26H19Cl3N6OS2/c27-18-4-1-5-20(11-18)35-24(17-3-2-9-30-13-17)33-34-26(35)38-15-23-32-22(14-37-23)25(36)31-10-8-16-6-7-19(28)12-21(16)29/h1-7,9,11-14H,8,10,15H2,(H,31,36). The van der Waals surface area contributed by atoms with Crippen LogP contribution in [-0.4, -0.2) is 37.2 Å². The van der Waals surface area contributed by atoms with Gasteiger partial charge < -0.3 is 5.32 Å². The Morgan fingerprint density at radius 3 is 2.68 bits per heavy atom. The molecule has 0 saturated heterocycles. The first-order chi connectivity index (χ1) is 18.5. The van der Waals surface area contributed by atoms with Crippen LogP contribution < -0.4 is 5.32 Å². The minimum Gasteiger partial charge on any atom is -0.350 e. The van der Waals surface area contributed by atoms with Crippen molar-refractivity contribution in [2.24, 2.45) is 0 Å². The van der Waals surface area contributed by atoms with Crippen molar-refractivity contribution in [3.05, 3.63) is 104 Å². The van der Waals surface area contributed by atoms with Gasteiger partial charge in [0.05, 0.1) is 11.4 Å². The first kappa shape index (κ1) is 26.6. The molecule has 3 heterocycles. The molecular formula is C26H19Cl3N6OS2. The summed E-state index contributed by atoms with van der Waals surface area (Å²) in [6.45, 7) is 0.432. The van der Waals surface area contributed by atoms with Gasteiger partial charge in [-0.3, -0.25) is 14.3 Å². The lowest BCUT2D eigenvalue weighted by Crippen LogP contribution is -2.26. The van der Waals surface area contributed by atoms with Crippen molar-refractivity contribution < 1.29 is 4.79 Å². The van der Waals surface area contributed by atoms with Crippen molar-refractivity contribution in [1.82, 2.24) is 30.0 Å². The fraction of sp³-hybridized carbons (Fsp3) is 0.115. The predicted molar refractivity (Wildman–Crippen MR) is 154 cm³/mol. The van der Waals surface area contributed by atoms with E-state index in [1.165, 1.54) is 23.1 Å². The molecule has 5 rings (SSSR count). The van der Waals surface area contributed by atoms with Crippen LogP contribution in [0.2, 0.25) is 15.1 Å². The first-order valence-corrected chi connectivity index (χ1v) is 14.4. The summed E-state index contributed by atoms with van der Waals surface area (Å²) in [4.78, 5) is 21.3. The molecule has 0 unspecified atom stereocenters. The number of thiazole rings is 1. The summed E-state index contributed by atoms with van der Waals surface area (Å²) in [6, 6.07) is 16.6. The van der Waals surface area contributed by atoms with E-state index < -0.39 is 0 Å². The van der Waals surface area contributed by atoms with Gasteiger partial charge in [-0.05, 0) is 54.4 Å². The zero-order valence-corrected chi connectivity index (χ0v) is 23.5. The summed E-state index contributed by atoms with van der Waals surface area (Å²) in [5.74, 6) is 0.941. The van der Waals surface area contributed by atoms with Gasteiger partial charge in [-0.15, -0.1) is 21.5 Å². The number of nitrogens with zero attached hydrogens (tertiary/aromatic N) is 5. The molecule has 0 bridgehead atoms. The van der Waals surface area contributed by atoms with E-state index in [-0.39, 0.29) is 5.91 Å². The van der Waals surface area contributed by atoms with Crippen LogP contribution >= 0.6 is 57.9 Å². The summed E-state index contributed by atoms with van der Waals surface area (Å²) < 4.78 is 1.94. The van der Waals surface area contributed by atoms with Crippen molar-refractivity contribution in [3.8, 4) is 17.1 Å². The number of amides is 1. The van der Waals surface area contributed by atoms with Crippen LogP contribution in [0, 0.1) is 0 Å². The van der Waals surface area contributed by atoms with Crippen molar-refractivity contribution in [3.63, 3.8) is 0 Å². The molecule has 0 aliphatic carbocycles. The molecule has 0 aliphatic rings. The number of hydrogen-bond donors (Lipinski definition) is 1. The van der Waals surface area contributed by atoms with Gasteiger partial charge in [0, 0.05) is 44.9 Å². The van der Waals surface area contributed by atoms with Crippen LogP contribution in [-0.2, 0) is 12.2 Å². The van der Waals surface area contributed by atoms with Gasteiger partial charge in [-0.2, -0.15) is 0 Å². The minimum absolute atomic E-state index is 0.233. The van der Waals surface area contributed by atoms with Gasteiger partial charge >= 0.3 is 0 Å². The Balaban J connectivity index is 1.26. The summed E-state index contributed by atoms with van der Waals surface area (Å²) in [5, 5.41) is 16.7. The van der Waals surface area contributed by atoms with E-state index in [1.807, 2.05) is 47.0 Å². The number of pyridine rings is 1. The third-order valence-corrected chi connectivity index (χ3v) is 8.22. The second-order valence-electron chi connectivity index (χ2n) is 8.02. The molecule has 0 radical (unpaired) electrons. The predicted octanol–water partition coefficient (Wildman–Crippen LogP) is 7.01. The molecule has 0 fully saturated rings. The minimum atomic E-state index is -0.233. The van der Waals surface area contributed by atoms with Gasteiger partial charge in [0.25, 0.3) is 5.91 Å². The molecule has 0 spiro atoms. The summed E-state index contributed by atoms with van der Waals surface area (Å²) in [7, 11) is 0. The van der Waals surface area contributed by atoms with Crippen LogP contribution in [0.1, 0.15) is 21.1 Å². The van der Waals surface area contributed by atoms with E-state index in [4.69, 9.17) is 34.8 Å². The third kappa shape index (κ3) is 6.36. The molecular weight excluding hydrogens is 583 g/mol. The van der Waals surface area contributed by atoms with E-state index >= 15 is 0 Å². The number of carbonyl (C=O) groups is 1. The quantitative estimate of drug-likeness (QED) is 0.183. The highest BCUT2D eigenvalue weighted by molar-refractivity contribution is 7.98. The lowest BCUT2D eigenvalue weighted by atomic mass is 10.1. The Kier molecular flexibility index (Phi) is 8.61. The molecule has 5 aromatic rings. The van der Waals surface area contributed by atoms with Crippen molar-refractivity contribution in [2.45, 2.75) is 17.3 Å². The van der Waals surface area contributed by atoms with Gasteiger partial charge in [-0.25, -0.2) is 4.98 Å². The molecule has 2 aromatic carbocycles. The molecule has 192 valence electrons. The van der Waals surface area contributed by atoms with Gasteiger partial charge in [0.1, 0.15) is 10.7 Å². The number of aromatic nitrogens is 5. The highest BCUT2D eigenvalue weighted by atomic mass is 35.5. The molecule has 1 amide bonds. The molecule has 38 heavy (non-hydrogen) atoms. The Morgan fingerprint density at radius 1 is 1.03 bits per heavy atom. The van der Waals surface area contributed by atoms with Crippen LogP contribution in [0.25, 0.3) is 17.1 Å². The Labute approximate surface area is 242 Å². The summed E-state index contributed by atoms with van der Waals surface area (Å²) >= 11 is 21.3. The fourth-order valence-corrected chi connectivity index (χ4v) is 6.06. The van der Waals surface area contributed by atoms with Gasteiger partial charge in [0.15, 0.2) is 11.0 Å². The van der Waals surface area contributed by atoms with E-state index in [1.54, 1.807) is 29.9 Å². The third-order valence-electron chi connectivity index (χ3n) is 5.42. The van der Waals surface area contributed by atoms with Crippen molar-refractivity contribution >= 4 is 63.8 Å². The molecule has 0 atom stereocenters. The number of thioether (sulfide) groups is 1. The number of nitrogens with one attached hydrogen (secondary N) is 1. The van der Waals surface area contributed by atoms with Crippen LogP contribution in [0.4, 0.5) is 0 Å². The number of rotatable bonds is 9. The van der Waals surface area contributed by atoms with E-state index in [0.717, 1.165) is 21.8 Å². The highest BCUT2D eigenvalue weighted by Crippen LogP contribution is 2.31. The lowest BCUT2D eigenvalue weighted by molar-refractivity contribution is 0.0949. The maximum Gasteiger partial charge on any atom is 0.270 e. The summed E-state index contributed by atoms with van der Waals surface area (Å²) in [5.41, 5.74) is 2.96. The normalized spacial score (nSPS) is 11.0. The van der Waals surface area contributed by atoms with Crippen LogP contribution in [0.5, 0.6) is 0 Å². The zero-order chi connectivity index (χ0) is 26.5. The smallest absolute Gasteiger partial charge is 0.270 e. The van der Waals surface area contributed by atoms with Crippen molar-refractivity contribution in [1.29, 1.82) is 0 Å². The Morgan fingerprint density at radius 2 is 1.89 bits per heavy atom. The topological polar surface area (TPSA) is 85.6 Å². The SMILES string of the molecule is O=C(NCCc1ccc(Cl)cc1Cl)c1csc(CSc2nnc(-c3cccnc3)n2-c2cccc(Cl)c2)n1. The molecule has 0 saturated carbocycles. The Hall–Kier alpha value is -2.95.